The summed E-state index contributed by atoms with van der Waals surface area (Å²) < 4.78 is 0. The number of amides is 2. The van der Waals surface area contributed by atoms with Crippen LogP contribution >= 0.6 is 11.3 Å². The van der Waals surface area contributed by atoms with Crippen molar-refractivity contribution in [2.75, 3.05) is 13.1 Å². The van der Waals surface area contributed by atoms with Crippen molar-refractivity contribution in [3.8, 4) is 10.6 Å². The number of carbonyl (C=O) groups excluding carboxylic acids is 2. The van der Waals surface area contributed by atoms with E-state index in [0.717, 1.165) is 48.5 Å². The standard InChI is InChI=1S/C25H27N3O2S/c29-23(14-11-19-7-3-1-4-8-19)26-17-20-9-12-21(13-10-20)24-27-22(18-31-24)25(30)28-15-5-2-6-16-28/h1,3-4,7-10,12-13,18H,2,5-6,11,14-17H2,(H,26,29). The van der Waals surface area contributed by atoms with Crippen molar-refractivity contribution in [1.29, 1.82) is 0 Å². The summed E-state index contributed by atoms with van der Waals surface area (Å²) in [5.74, 6) is 0.0887. The molecule has 1 N–H and O–H groups in total. The Morgan fingerprint density at radius 1 is 0.935 bits per heavy atom. The van der Waals surface area contributed by atoms with Crippen molar-refractivity contribution in [3.05, 3.63) is 76.8 Å². The fourth-order valence-corrected chi connectivity index (χ4v) is 4.52. The summed E-state index contributed by atoms with van der Waals surface area (Å²) in [7, 11) is 0. The summed E-state index contributed by atoms with van der Waals surface area (Å²) in [5.41, 5.74) is 3.74. The lowest BCUT2D eigenvalue weighted by Crippen LogP contribution is -2.35. The molecule has 5 nitrogen and oxygen atoms in total. The monoisotopic (exact) mass is 433 g/mol. The molecule has 31 heavy (non-hydrogen) atoms. The van der Waals surface area contributed by atoms with Gasteiger partial charge in [0.2, 0.25) is 5.91 Å². The second-order valence-electron chi connectivity index (χ2n) is 7.85. The highest BCUT2D eigenvalue weighted by Crippen LogP contribution is 2.25. The Kier molecular flexibility index (Phi) is 7.10. The molecule has 0 unspecified atom stereocenters. The van der Waals surface area contributed by atoms with Crippen LogP contribution in [0.1, 0.15) is 47.3 Å². The normalized spacial score (nSPS) is 13.7. The van der Waals surface area contributed by atoms with Gasteiger partial charge in [0.1, 0.15) is 10.7 Å². The zero-order valence-electron chi connectivity index (χ0n) is 17.5. The number of piperidine rings is 1. The molecule has 0 radical (unpaired) electrons. The summed E-state index contributed by atoms with van der Waals surface area (Å²) in [4.78, 5) is 31.2. The van der Waals surface area contributed by atoms with Crippen molar-refractivity contribution in [2.24, 2.45) is 0 Å². The third-order valence-corrected chi connectivity index (χ3v) is 6.43. The van der Waals surface area contributed by atoms with E-state index >= 15 is 0 Å². The molecule has 2 heterocycles. The lowest BCUT2D eigenvalue weighted by Gasteiger charge is -2.25. The number of likely N-dealkylation sites (tertiary alicyclic amines) is 1. The van der Waals surface area contributed by atoms with Gasteiger partial charge in [0.25, 0.3) is 5.91 Å². The van der Waals surface area contributed by atoms with Crippen molar-refractivity contribution >= 4 is 23.2 Å². The zero-order chi connectivity index (χ0) is 21.5. The number of aromatic nitrogens is 1. The predicted octanol–water partition coefficient (Wildman–Crippen LogP) is 4.69. The number of thiazole rings is 1. The van der Waals surface area contributed by atoms with E-state index in [1.807, 2.05) is 64.9 Å². The minimum absolute atomic E-state index is 0.0389. The third kappa shape index (κ3) is 5.79. The van der Waals surface area contributed by atoms with Gasteiger partial charge in [-0.15, -0.1) is 11.3 Å². The minimum Gasteiger partial charge on any atom is -0.352 e. The second kappa shape index (κ2) is 10.4. The highest BCUT2D eigenvalue weighted by atomic mass is 32.1. The van der Waals surface area contributed by atoms with E-state index in [1.165, 1.54) is 23.3 Å². The summed E-state index contributed by atoms with van der Waals surface area (Å²) in [6.45, 7) is 2.17. The number of hydrogen-bond acceptors (Lipinski definition) is 4. The molecular formula is C25H27N3O2S. The molecule has 0 atom stereocenters. The SMILES string of the molecule is O=C(CCc1ccccc1)NCc1ccc(-c2nc(C(=O)N3CCCCC3)cs2)cc1. The Bertz CT molecular complexity index is 1010. The Morgan fingerprint density at radius 3 is 2.42 bits per heavy atom. The van der Waals surface area contributed by atoms with Crippen molar-refractivity contribution in [3.63, 3.8) is 0 Å². The predicted molar refractivity (Wildman–Crippen MR) is 124 cm³/mol. The molecule has 0 spiro atoms. The molecule has 1 fully saturated rings. The van der Waals surface area contributed by atoms with Crippen molar-refractivity contribution in [2.45, 2.75) is 38.6 Å². The molecule has 3 aromatic rings. The Labute approximate surface area is 187 Å². The molecule has 2 amide bonds. The summed E-state index contributed by atoms with van der Waals surface area (Å²) in [6, 6.07) is 18.0. The van der Waals surface area contributed by atoms with Crippen molar-refractivity contribution in [1.82, 2.24) is 15.2 Å². The van der Waals surface area contributed by atoms with Crippen LogP contribution in [0.25, 0.3) is 10.6 Å². The number of benzene rings is 2. The van der Waals surface area contributed by atoms with Crippen LogP contribution in [0.5, 0.6) is 0 Å². The van der Waals surface area contributed by atoms with Gasteiger partial charge in [-0.25, -0.2) is 4.98 Å². The fraction of sp³-hybridized carbons (Fsp3) is 0.320. The first-order valence-corrected chi connectivity index (χ1v) is 11.7. The van der Waals surface area contributed by atoms with Gasteiger partial charge in [0.15, 0.2) is 0 Å². The third-order valence-electron chi connectivity index (χ3n) is 5.54. The molecular weight excluding hydrogens is 406 g/mol. The van der Waals surface area contributed by atoms with E-state index in [9.17, 15) is 9.59 Å². The smallest absolute Gasteiger partial charge is 0.273 e. The lowest BCUT2D eigenvalue weighted by molar-refractivity contribution is -0.121. The van der Waals surface area contributed by atoms with Crippen LogP contribution in [-0.2, 0) is 17.8 Å². The maximum Gasteiger partial charge on any atom is 0.273 e. The van der Waals surface area contributed by atoms with Crippen LogP contribution in [0.15, 0.2) is 60.0 Å². The number of rotatable bonds is 7. The summed E-state index contributed by atoms with van der Waals surface area (Å²) in [5, 5.41) is 5.68. The highest BCUT2D eigenvalue weighted by Gasteiger charge is 2.20. The molecule has 1 aromatic heterocycles. The quantitative estimate of drug-likeness (QED) is 0.588. The average Bonchev–Trinajstić information content (AvgIpc) is 3.33. The molecule has 0 aliphatic carbocycles. The molecule has 0 bridgehead atoms. The van der Waals surface area contributed by atoms with Gasteiger partial charge in [-0.2, -0.15) is 0 Å². The summed E-state index contributed by atoms with van der Waals surface area (Å²) >= 11 is 1.50. The van der Waals surface area contributed by atoms with Crippen LogP contribution in [-0.4, -0.2) is 34.8 Å². The van der Waals surface area contributed by atoms with Crippen molar-refractivity contribution < 1.29 is 9.59 Å². The van der Waals surface area contributed by atoms with E-state index in [1.54, 1.807) is 0 Å². The van der Waals surface area contributed by atoms with E-state index in [0.29, 0.717) is 18.7 Å². The second-order valence-corrected chi connectivity index (χ2v) is 8.71. The number of carbonyl (C=O) groups is 2. The topological polar surface area (TPSA) is 62.3 Å². The van der Waals surface area contributed by atoms with E-state index < -0.39 is 0 Å². The fourth-order valence-electron chi connectivity index (χ4n) is 3.72. The maximum atomic E-state index is 12.6. The Balaban J connectivity index is 1.28. The van der Waals surface area contributed by atoms with E-state index in [-0.39, 0.29) is 11.8 Å². The van der Waals surface area contributed by atoms with Gasteiger partial charge < -0.3 is 10.2 Å². The molecule has 6 heteroatoms. The highest BCUT2D eigenvalue weighted by molar-refractivity contribution is 7.13. The van der Waals surface area contributed by atoms with Crippen LogP contribution < -0.4 is 5.32 Å². The maximum absolute atomic E-state index is 12.6. The molecule has 1 aliphatic heterocycles. The van der Waals surface area contributed by atoms with Crippen LogP contribution in [0.2, 0.25) is 0 Å². The largest absolute Gasteiger partial charge is 0.352 e. The van der Waals surface area contributed by atoms with Gasteiger partial charge in [-0.1, -0.05) is 54.6 Å². The van der Waals surface area contributed by atoms with Gasteiger partial charge in [-0.3, -0.25) is 9.59 Å². The lowest BCUT2D eigenvalue weighted by atomic mass is 10.1. The van der Waals surface area contributed by atoms with Gasteiger partial charge in [0.05, 0.1) is 0 Å². The van der Waals surface area contributed by atoms with E-state index in [4.69, 9.17) is 0 Å². The molecule has 160 valence electrons. The molecule has 1 saturated heterocycles. The van der Waals surface area contributed by atoms with Gasteiger partial charge in [0, 0.05) is 37.0 Å². The summed E-state index contributed by atoms with van der Waals surface area (Å²) in [6.07, 6.45) is 4.58. The Hall–Kier alpha value is -2.99. The average molecular weight is 434 g/mol. The molecule has 4 rings (SSSR count). The van der Waals surface area contributed by atoms with Crippen LogP contribution in [0.4, 0.5) is 0 Å². The number of nitrogens with zero attached hydrogens (tertiary/aromatic N) is 2. The number of hydrogen-bond donors (Lipinski definition) is 1. The minimum atomic E-state index is 0.0389. The van der Waals surface area contributed by atoms with Crippen LogP contribution in [0.3, 0.4) is 0 Å². The molecule has 0 saturated carbocycles. The van der Waals surface area contributed by atoms with E-state index in [2.05, 4.69) is 10.3 Å². The van der Waals surface area contributed by atoms with Gasteiger partial charge in [-0.05, 0) is 36.8 Å². The zero-order valence-corrected chi connectivity index (χ0v) is 18.4. The molecule has 2 aromatic carbocycles. The van der Waals surface area contributed by atoms with Gasteiger partial charge >= 0.3 is 0 Å². The first kappa shape index (κ1) is 21.2. The first-order valence-electron chi connectivity index (χ1n) is 10.8. The molecule has 1 aliphatic rings. The Morgan fingerprint density at radius 2 is 1.68 bits per heavy atom. The number of nitrogens with one attached hydrogen (secondary N) is 1. The number of aryl methyl sites for hydroxylation is 1. The first-order chi connectivity index (χ1) is 15.2. The van der Waals surface area contributed by atoms with Crippen LogP contribution in [0, 0.1) is 0 Å².